The van der Waals surface area contributed by atoms with Gasteiger partial charge in [-0.2, -0.15) is 5.10 Å². The number of hydrogen-bond acceptors (Lipinski definition) is 5. The maximum atomic E-state index is 12.4. The molecule has 1 saturated heterocycles. The first-order chi connectivity index (χ1) is 12.8. The van der Waals surface area contributed by atoms with Crippen molar-refractivity contribution in [3.8, 4) is 11.3 Å². The Kier molecular flexibility index (Phi) is 5.24. The average Bonchev–Trinajstić information content (AvgIpc) is 3.20. The van der Waals surface area contributed by atoms with E-state index in [2.05, 4.69) is 26.6 Å². The van der Waals surface area contributed by atoms with Crippen LogP contribution in [0, 0.1) is 5.92 Å². The maximum Gasteiger partial charge on any atom is 0.225 e. The van der Waals surface area contributed by atoms with Gasteiger partial charge >= 0.3 is 0 Å². The highest BCUT2D eigenvalue weighted by atomic mass is 16.5. The summed E-state index contributed by atoms with van der Waals surface area (Å²) in [5.74, 6) is 0.196. The second kappa shape index (κ2) is 7.95. The zero-order chi connectivity index (χ0) is 17.8. The summed E-state index contributed by atoms with van der Waals surface area (Å²) in [4.78, 5) is 20.6. The van der Waals surface area contributed by atoms with E-state index in [-0.39, 0.29) is 17.9 Å². The number of ether oxygens (including phenoxy) is 1. The molecule has 1 amide bonds. The molecule has 26 heavy (non-hydrogen) atoms. The van der Waals surface area contributed by atoms with Crippen molar-refractivity contribution in [2.75, 3.05) is 13.2 Å². The van der Waals surface area contributed by atoms with E-state index in [9.17, 15) is 4.79 Å². The molecule has 3 heterocycles. The zero-order valence-corrected chi connectivity index (χ0v) is 14.9. The number of nitrogens with one attached hydrogen (secondary N) is 1. The van der Waals surface area contributed by atoms with E-state index in [1.807, 2.05) is 16.9 Å². The molecule has 2 aromatic rings. The molecule has 7 heteroatoms. The molecule has 0 bridgehead atoms. The summed E-state index contributed by atoms with van der Waals surface area (Å²) in [7, 11) is 0. The summed E-state index contributed by atoms with van der Waals surface area (Å²) in [6, 6.07) is 2.55. The largest absolute Gasteiger partial charge is 0.381 e. The maximum absolute atomic E-state index is 12.4. The van der Waals surface area contributed by atoms with Crippen molar-refractivity contribution >= 4 is 5.91 Å². The van der Waals surface area contributed by atoms with Crippen LogP contribution in [0.5, 0.6) is 0 Å². The van der Waals surface area contributed by atoms with Crippen LogP contribution in [0.15, 0.2) is 31.0 Å². The van der Waals surface area contributed by atoms with Crippen LogP contribution in [0.25, 0.3) is 11.3 Å². The summed E-state index contributed by atoms with van der Waals surface area (Å²) < 4.78 is 7.47. The normalized spacial score (nSPS) is 26.4. The number of amides is 1. The Labute approximate surface area is 153 Å². The molecule has 1 unspecified atom stereocenters. The molecule has 0 aromatic carbocycles. The molecule has 4 rings (SSSR count). The van der Waals surface area contributed by atoms with Crippen molar-refractivity contribution in [1.29, 1.82) is 0 Å². The topological polar surface area (TPSA) is 81.9 Å². The predicted molar refractivity (Wildman–Crippen MR) is 96.2 cm³/mol. The molecule has 1 N–H and O–H groups in total. The molecule has 1 saturated carbocycles. The minimum absolute atomic E-state index is 0.0306. The van der Waals surface area contributed by atoms with Gasteiger partial charge in [-0.25, -0.2) is 9.97 Å². The van der Waals surface area contributed by atoms with Gasteiger partial charge in [0.15, 0.2) is 0 Å². The van der Waals surface area contributed by atoms with Gasteiger partial charge in [-0.3, -0.25) is 9.48 Å². The van der Waals surface area contributed by atoms with Gasteiger partial charge in [-0.05, 0) is 44.6 Å². The van der Waals surface area contributed by atoms with Crippen molar-refractivity contribution in [2.45, 2.75) is 50.6 Å². The molecule has 7 nitrogen and oxygen atoms in total. The third-order valence-electron chi connectivity index (χ3n) is 5.43. The lowest BCUT2D eigenvalue weighted by Gasteiger charge is -2.31. The molecule has 1 aliphatic heterocycles. The smallest absolute Gasteiger partial charge is 0.225 e. The van der Waals surface area contributed by atoms with Crippen molar-refractivity contribution < 1.29 is 9.53 Å². The first-order valence-corrected chi connectivity index (χ1v) is 9.48. The van der Waals surface area contributed by atoms with E-state index in [1.54, 1.807) is 12.5 Å². The van der Waals surface area contributed by atoms with E-state index in [4.69, 9.17) is 4.74 Å². The lowest BCUT2D eigenvalue weighted by atomic mass is 9.90. The molecule has 1 aliphatic carbocycles. The second-order valence-corrected chi connectivity index (χ2v) is 7.23. The molecule has 0 radical (unpaired) electrons. The summed E-state index contributed by atoms with van der Waals surface area (Å²) in [6.07, 6.45) is 13.2. The van der Waals surface area contributed by atoms with Crippen LogP contribution >= 0.6 is 0 Å². The van der Waals surface area contributed by atoms with Crippen molar-refractivity contribution in [1.82, 2.24) is 25.1 Å². The monoisotopic (exact) mass is 355 g/mol. The van der Waals surface area contributed by atoms with Gasteiger partial charge in [0, 0.05) is 30.6 Å². The molecule has 1 atom stereocenters. The Morgan fingerprint density at radius 3 is 2.85 bits per heavy atom. The van der Waals surface area contributed by atoms with E-state index < -0.39 is 0 Å². The Morgan fingerprint density at radius 2 is 2.12 bits per heavy atom. The van der Waals surface area contributed by atoms with Crippen molar-refractivity contribution in [2.24, 2.45) is 5.92 Å². The van der Waals surface area contributed by atoms with Gasteiger partial charge in [0.05, 0.1) is 30.5 Å². The SMILES string of the molecule is O=C(NC1CCC(n2cc(-c3ccncn3)cn2)CC1)C1CCCOC1. The van der Waals surface area contributed by atoms with Gasteiger partial charge in [-0.15, -0.1) is 0 Å². The molecular formula is C19H25N5O2. The van der Waals surface area contributed by atoms with E-state index >= 15 is 0 Å². The highest BCUT2D eigenvalue weighted by Crippen LogP contribution is 2.29. The van der Waals surface area contributed by atoms with Gasteiger partial charge in [0.1, 0.15) is 6.33 Å². The molecule has 138 valence electrons. The fraction of sp³-hybridized carbons (Fsp3) is 0.579. The second-order valence-electron chi connectivity index (χ2n) is 7.23. The van der Waals surface area contributed by atoms with Crippen LogP contribution in [0.1, 0.15) is 44.6 Å². The number of rotatable bonds is 4. The highest BCUT2D eigenvalue weighted by molar-refractivity contribution is 5.79. The lowest BCUT2D eigenvalue weighted by molar-refractivity contribution is -0.130. The van der Waals surface area contributed by atoms with Crippen LogP contribution < -0.4 is 5.32 Å². The number of carbonyl (C=O) groups excluding carboxylic acids is 1. The molecule has 0 spiro atoms. The van der Waals surface area contributed by atoms with Crippen LogP contribution in [-0.2, 0) is 9.53 Å². The lowest BCUT2D eigenvalue weighted by Crippen LogP contribution is -2.43. The number of hydrogen-bond donors (Lipinski definition) is 1. The third kappa shape index (κ3) is 3.93. The molecular weight excluding hydrogens is 330 g/mol. The molecule has 2 aliphatic rings. The summed E-state index contributed by atoms with van der Waals surface area (Å²) in [5.41, 5.74) is 1.90. The first kappa shape index (κ1) is 17.1. The minimum atomic E-state index is 0.0306. The highest BCUT2D eigenvalue weighted by Gasteiger charge is 2.27. The predicted octanol–water partition coefficient (Wildman–Crippen LogP) is 2.37. The Morgan fingerprint density at radius 1 is 1.23 bits per heavy atom. The average molecular weight is 355 g/mol. The van der Waals surface area contributed by atoms with Crippen molar-refractivity contribution in [3.05, 3.63) is 31.0 Å². The van der Waals surface area contributed by atoms with Crippen LogP contribution in [0.4, 0.5) is 0 Å². The van der Waals surface area contributed by atoms with Gasteiger partial charge in [0.2, 0.25) is 5.91 Å². The van der Waals surface area contributed by atoms with Crippen molar-refractivity contribution in [3.63, 3.8) is 0 Å². The Hall–Kier alpha value is -2.28. The number of nitrogens with zero attached hydrogens (tertiary/aromatic N) is 4. The number of aromatic nitrogens is 4. The van der Waals surface area contributed by atoms with E-state index in [0.717, 1.165) is 56.4 Å². The van der Waals surface area contributed by atoms with Gasteiger partial charge < -0.3 is 10.1 Å². The van der Waals surface area contributed by atoms with Gasteiger partial charge in [-0.1, -0.05) is 0 Å². The fourth-order valence-electron chi connectivity index (χ4n) is 3.88. The Balaban J connectivity index is 1.30. The minimum Gasteiger partial charge on any atom is -0.381 e. The van der Waals surface area contributed by atoms with Crippen LogP contribution in [-0.4, -0.2) is 44.9 Å². The summed E-state index contributed by atoms with van der Waals surface area (Å²) in [6.45, 7) is 1.36. The molecule has 2 fully saturated rings. The van der Waals surface area contributed by atoms with E-state index in [1.165, 1.54) is 0 Å². The summed E-state index contributed by atoms with van der Waals surface area (Å²) in [5, 5.41) is 7.75. The quantitative estimate of drug-likeness (QED) is 0.910. The standard InChI is InChI=1S/C19H25N5O2/c25-19(14-2-1-9-26-12-14)23-16-3-5-17(6-4-16)24-11-15(10-22-24)18-7-8-20-13-21-18/h7-8,10-11,13-14,16-17H,1-6,9,12H2,(H,23,25). The van der Waals surface area contributed by atoms with Gasteiger partial charge in [0.25, 0.3) is 0 Å². The third-order valence-corrected chi connectivity index (χ3v) is 5.43. The zero-order valence-electron chi connectivity index (χ0n) is 14.9. The summed E-state index contributed by atoms with van der Waals surface area (Å²) >= 11 is 0. The van der Waals surface area contributed by atoms with Crippen LogP contribution in [0.3, 0.4) is 0 Å². The number of carbonyl (C=O) groups is 1. The first-order valence-electron chi connectivity index (χ1n) is 9.48. The fourth-order valence-corrected chi connectivity index (χ4v) is 3.88. The molecule has 2 aromatic heterocycles. The Bertz CT molecular complexity index is 719. The van der Waals surface area contributed by atoms with E-state index in [0.29, 0.717) is 12.6 Å². The van der Waals surface area contributed by atoms with Crippen LogP contribution in [0.2, 0.25) is 0 Å².